The zero-order valence-electron chi connectivity index (χ0n) is 8.06. The van der Waals surface area contributed by atoms with Crippen molar-refractivity contribution in [1.82, 2.24) is 0 Å². The van der Waals surface area contributed by atoms with E-state index in [-0.39, 0.29) is 22.9 Å². The van der Waals surface area contributed by atoms with Gasteiger partial charge in [0.05, 0.1) is 5.78 Å². The fourth-order valence-corrected chi connectivity index (χ4v) is 0.981. The minimum absolute atomic E-state index is 0. The Morgan fingerprint density at radius 1 is 1.43 bits per heavy atom. The van der Waals surface area contributed by atoms with Gasteiger partial charge in [0.2, 0.25) is 0 Å². The fraction of sp³-hybridized carbons (Fsp3) is 0.250. The van der Waals surface area contributed by atoms with Crippen molar-refractivity contribution in [3.05, 3.63) is 48.1 Å². The summed E-state index contributed by atoms with van der Waals surface area (Å²) in [6.07, 6.45) is 17.3. The van der Waals surface area contributed by atoms with Crippen LogP contribution in [-0.4, -0.2) is 5.78 Å². The summed E-state index contributed by atoms with van der Waals surface area (Å²) in [4.78, 5) is 10.5. The van der Waals surface area contributed by atoms with Crippen molar-refractivity contribution in [1.29, 1.82) is 0 Å². The largest absolute Gasteiger partial charge is 2.00 e. The molecular formula is C12H12FeO. The van der Waals surface area contributed by atoms with E-state index in [1.807, 2.05) is 18.2 Å². The van der Waals surface area contributed by atoms with E-state index in [0.717, 1.165) is 18.4 Å². The fourth-order valence-electron chi connectivity index (χ4n) is 0.981. The number of hydrogen-bond donors (Lipinski definition) is 0. The van der Waals surface area contributed by atoms with Gasteiger partial charge in [-0.2, -0.15) is 24.3 Å². The van der Waals surface area contributed by atoms with Crippen molar-refractivity contribution < 1.29 is 21.9 Å². The zero-order chi connectivity index (χ0) is 9.52. The SMILES string of the molecule is CC(=O)C1=[C-]C=CC1.[C-]1=CC=CC1.[Fe+2]. The van der Waals surface area contributed by atoms with Crippen LogP contribution < -0.4 is 0 Å². The van der Waals surface area contributed by atoms with Crippen molar-refractivity contribution >= 4 is 5.78 Å². The van der Waals surface area contributed by atoms with Gasteiger partial charge >= 0.3 is 17.1 Å². The van der Waals surface area contributed by atoms with Gasteiger partial charge in [0, 0.05) is 0 Å². The summed E-state index contributed by atoms with van der Waals surface area (Å²) in [5, 5.41) is 0. The molecule has 0 radical (unpaired) electrons. The Kier molecular flexibility index (Phi) is 7.09. The standard InChI is InChI=1S/C7H7O.C5H5.Fe/c1-6(8)7-4-2-3-5-7;1-2-4-5-3-1;/h2-3H,4H2,1H3;1-3H,4H2;/q2*-1;+2. The van der Waals surface area contributed by atoms with Crippen molar-refractivity contribution in [3.8, 4) is 0 Å². The third-order valence-electron chi connectivity index (χ3n) is 1.71. The van der Waals surface area contributed by atoms with E-state index in [2.05, 4.69) is 18.2 Å². The molecule has 0 spiro atoms. The molecule has 2 aliphatic rings. The van der Waals surface area contributed by atoms with Gasteiger partial charge in [-0.25, -0.2) is 12.2 Å². The number of carbonyl (C=O) groups excluding carboxylic acids is 1. The van der Waals surface area contributed by atoms with Crippen LogP contribution in [0, 0.1) is 12.2 Å². The number of allylic oxidation sites excluding steroid dienone is 8. The van der Waals surface area contributed by atoms with Gasteiger partial charge in [-0.05, 0) is 6.92 Å². The van der Waals surface area contributed by atoms with Crippen LogP contribution in [0.1, 0.15) is 19.8 Å². The average molecular weight is 228 g/mol. The summed E-state index contributed by atoms with van der Waals surface area (Å²) in [5.74, 6) is 0.134. The first kappa shape index (κ1) is 13.1. The van der Waals surface area contributed by atoms with Gasteiger partial charge in [-0.1, -0.05) is 6.42 Å². The Labute approximate surface area is 95.7 Å². The second-order valence-corrected chi connectivity index (χ2v) is 2.79. The van der Waals surface area contributed by atoms with E-state index in [1.165, 1.54) is 0 Å². The van der Waals surface area contributed by atoms with E-state index in [0.29, 0.717) is 0 Å². The molecule has 0 bridgehead atoms. The summed E-state index contributed by atoms with van der Waals surface area (Å²) >= 11 is 0. The van der Waals surface area contributed by atoms with Gasteiger partial charge in [0.1, 0.15) is 0 Å². The van der Waals surface area contributed by atoms with Crippen molar-refractivity contribution in [3.63, 3.8) is 0 Å². The summed E-state index contributed by atoms with van der Waals surface area (Å²) in [6, 6.07) is 0. The molecule has 0 saturated carbocycles. The second-order valence-electron chi connectivity index (χ2n) is 2.79. The first-order valence-corrected chi connectivity index (χ1v) is 4.31. The summed E-state index contributed by atoms with van der Waals surface area (Å²) < 4.78 is 0. The Hall–Kier alpha value is -0.851. The molecule has 74 valence electrons. The van der Waals surface area contributed by atoms with Gasteiger partial charge < -0.3 is 4.79 Å². The molecule has 14 heavy (non-hydrogen) atoms. The van der Waals surface area contributed by atoms with Crippen LogP contribution in [0.15, 0.2) is 36.0 Å². The molecule has 0 fully saturated rings. The van der Waals surface area contributed by atoms with Crippen LogP contribution in [0.25, 0.3) is 0 Å². The molecule has 0 aromatic heterocycles. The van der Waals surface area contributed by atoms with Gasteiger partial charge in [0.25, 0.3) is 0 Å². The Bertz CT molecular complexity index is 285. The molecule has 0 saturated heterocycles. The van der Waals surface area contributed by atoms with Crippen LogP contribution >= 0.6 is 0 Å². The molecule has 1 nitrogen and oxygen atoms in total. The van der Waals surface area contributed by atoms with E-state index in [9.17, 15) is 4.79 Å². The maximum absolute atomic E-state index is 10.5. The monoisotopic (exact) mass is 228 g/mol. The molecule has 2 rings (SSSR count). The molecule has 2 heteroatoms. The molecule has 0 N–H and O–H groups in total. The van der Waals surface area contributed by atoms with Crippen LogP contribution in [0.2, 0.25) is 0 Å². The number of hydrogen-bond acceptors (Lipinski definition) is 1. The van der Waals surface area contributed by atoms with Gasteiger partial charge in [-0.3, -0.25) is 6.08 Å². The summed E-state index contributed by atoms with van der Waals surface area (Å²) in [6.45, 7) is 1.56. The molecular weight excluding hydrogens is 216 g/mol. The second kappa shape index (κ2) is 7.54. The smallest absolute Gasteiger partial charge is 0.370 e. The summed E-state index contributed by atoms with van der Waals surface area (Å²) in [5.41, 5.74) is 0.796. The van der Waals surface area contributed by atoms with E-state index in [1.54, 1.807) is 13.0 Å². The molecule has 2 aliphatic carbocycles. The topological polar surface area (TPSA) is 17.1 Å². The van der Waals surface area contributed by atoms with Crippen LogP contribution in [-0.2, 0) is 21.9 Å². The number of rotatable bonds is 1. The molecule has 0 aromatic rings. The maximum Gasteiger partial charge on any atom is 2.00 e. The van der Waals surface area contributed by atoms with Crippen LogP contribution in [0.5, 0.6) is 0 Å². The van der Waals surface area contributed by atoms with Crippen molar-refractivity contribution in [2.45, 2.75) is 19.8 Å². The molecule has 0 amide bonds. The van der Waals surface area contributed by atoms with E-state index in [4.69, 9.17) is 0 Å². The van der Waals surface area contributed by atoms with Crippen molar-refractivity contribution in [2.24, 2.45) is 0 Å². The average Bonchev–Trinajstić information content (AvgIpc) is 2.82. The quantitative estimate of drug-likeness (QED) is 0.498. The Morgan fingerprint density at radius 3 is 2.43 bits per heavy atom. The number of ketones is 1. The number of Topliss-reactive ketones (excluding diaryl/α,β-unsaturated/α-hetero) is 1. The minimum atomic E-state index is 0. The molecule has 0 aromatic carbocycles. The first-order chi connectivity index (χ1) is 6.30. The Balaban J connectivity index is 0.000000246. The predicted molar refractivity (Wildman–Crippen MR) is 52.8 cm³/mol. The molecule has 0 heterocycles. The molecule has 0 unspecified atom stereocenters. The minimum Gasteiger partial charge on any atom is -0.370 e. The van der Waals surface area contributed by atoms with E-state index < -0.39 is 0 Å². The Morgan fingerprint density at radius 2 is 2.21 bits per heavy atom. The van der Waals surface area contributed by atoms with Crippen LogP contribution in [0.3, 0.4) is 0 Å². The third kappa shape index (κ3) is 5.00. The third-order valence-corrected chi connectivity index (χ3v) is 1.71. The van der Waals surface area contributed by atoms with Gasteiger partial charge in [-0.15, -0.1) is 12.0 Å². The normalized spacial score (nSPS) is 15.6. The molecule has 0 atom stereocenters. The maximum atomic E-state index is 10.5. The number of carbonyl (C=O) groups is 1. The van der Waals surface area contributed by atoms with Gasteiger partial charge in [0.15, 0.2) is 0 Å². The molecule has 0 aliphatic heterocycles. The predicted octanol–water partition coefficient (Wildman–Crippen LogP) is 2.57. The van der Waals surface area contributed by atoms with E-state index >= 15 is 0 Å². The van der Waals surface area contributed by atoms with Crippen LogP contribution in [0.4, 0.5) is 0 Å². The van der Waals surface area contributed by atoms with Crippen molar-refractivity contribution in [2.75, 3.05) is 0 Å². The first-order valence-electron chi connectivity index (χ1n) is 4.31. The zero-order valence-corrected chi connectivity index (χ0v) is 9.17. The summed E-state index contributed by atoms with van der Waals surface area (Å²) in [7, 11) is 0.